The number of fused-ring (bicyclic) bond motifs is 1. The van der Waals surface area contributed by atoms with Gasteiger partial charge in [0, 0.05) is 10.8 Å². The summed E-state index contributed by atoms with van der Waals surface area (Å²) in [6.07, 6.45) is 2.09. The Morgan fingerprint density at radius 3 is 2.92 bits per heavy atom. The minimum Gasteiger partial charge on any atom is -0.415 e. The SMILES string of the molecule is Cc1ccc2ncnc(Sc3nnc(Cc4csc(C)n4)o3)c2c1. The highest BCUT2D eigenvalue weighted by molar-refractivity contribution is 7.99. The third-order valence-electron chi connectivity index (χ3n) is 3.39. The summed E-state index contributed by atoms with van der Waals surface area (Å²) in [4.78, 5) is 13.1. The van der Waals surface area contributed by atoms with Crippen LogP contribution in [0.4, 0.5) is 0 Å². The van der Waals surface area contributed by atoms with Crippen LogP contribution in [0.5, 0.6) is 0 Å². The highest BCUT2D eigenvalue weighted by atomic mass is 32.2. The van der Waals surface area contributed by atoms with Crippen LogP contribution >= 0.6 is 23.1 Å². The number of benzene rings is 1. The predicted octanol–water partition coefficient (Wildman–Crippen LogP) is 3.83. The summed E-state index contributed by atoms with van der Waals surface area (Å²) in [5.41, 5.74) is 3.00. The van der Waals surface area contributed by atoms with Crippen molar-refractivity contribution in [3.05, 3.63) is 52.1 Å². The van der Waals surface area contributed by atoms with Crippen molar-refractivity contribution >= 4 is 34.0 Å². The first-order chi connectivity index (χ1) is 11.7. The van der Waals surface area contributed by atoms with Crippen LogP contribution in [0.3, 0.4) is 0 Å². The first-order valence-corrected chi connectivity index (χ1v) is 8.99. The van der Waals surface area contributed by atoms with E-state index < -0.39 is 0 Å². The zero-order valence-electron chi connectivity index (χ0n) is 13.1. The maximum absolute atomic E-state index is 5.72. The van der Waals surface area contributed by atoms with E-state index in [-0.39, 0.29) is 0 Å². The van der Waals surface area contributed by atoms with Crippen molar-refractivity contribution in [1.29, 1.82) is 0 Å². The highest BCUT2D eigenvalue weighted by Gasteiger charge is 2.13. The Bertz CT molecular complexity index is 1010. The quantitative estimate of drug-likeness (QED) is 0.515. The first kappa shape index (κ1) is 15.2. The van der Waals surface area contributed by atoms with Crippen LogP contribution in [0.25, 0.3) is 10.9 Å². The molecule has 1 aromatic carbocycles. The monoisotopic (exact) mass is 355 g/mol. The number of aryl methyl sites for hydroxylation is 2. The Morgan fingerprint density at radius 2 is 2.08 bits per heavy atom. The molecule has 3 aromatic heterocycles. The predicted molar refractivity (Wildman–Crippen MR) is 92.4 cm³/mol. The van der Waals surface area contributed by atoms with E-state index in [4.69, 9.17) is 4.42 Å². The van der Waals surface area contributed by atoms with Gasteiger partial charge in [0.05, 0.1) is 22.6 Å². The molecular formula is C16H13N5OS2. The minimum atomic E-state index is 0.471. The van der Waals surface area contributed by atoms with Gasteiger partial charge < -0.3 is 4.42 Å². The number of nitrogens with zero attached hydrogens (tertiary/aromatic N) is 5. The number of aromatic nitrogens is 5. The maximum atomic E-state index is 5.72. The Balaban J connectivity index is 1.59. The lowest BCUT2D eigenvalue weighted by molar-refractivity contribution is 0.419. The molecule has 0 aliphatic heterocycles. The molecule has 0 saturated heterocycles. The molecule has 3 heterocycles. The summed E-state index contributed by atoms with van der Waals surface area (Å²) in [6, 6.07) is 6.08. The molecule has 0 radical (unpaired) electrons. The van der Waals surface area contributed by atoms with Gasteiger partial charge in [0.2, 0.25) is 5.89 Å². The lowest BCUT2D eigenvalue weighted by Crippen LogP contribution is -1.88. The van der Waals surface area contributed by atoms with Crippen molar-refractivity contribution in [2.45, 2.75) is 30.5 Å². The average molecular weight is 355 g/mol. The molecule has 4 aromatic rings. The Labute approximate surface area is 146 Å². The second kappa shape index (κ2) is 6.29. The number of hydrogen-bond acceptors (Lipinski definition) is 8. The van der Waals surface area contributed by atoms with Crippen LogP contribution in [0.1, 0.15) is 22.2 Å². The van der Waals surface area contributed by atoms with Gasteiger partial charge in [-0.1, -0.05) is 11.6 Å². The van der Waals surface area contributed by atoms with E-state index in [1.54, 1.807) is 17.7 Å². The third kappa shape index (κ3) is 3.15. The number of rotatable bonds is 4. The molecule has 120 valence electrons. The van der Waals surface area contributed by atoms with Crippen molar-refractivity contribution in [3.8, 4) is 0 Å². The maximum Gasteiger partial charge on any atom is 0.282 e. The molecule has 0 aliphatic carbocycles. The number of hydrogen-bond donors (Lipinski definition) is 0. The smallest absolute Gasteiger partial charge is 0.282 e. The summed E-state index contributed by atoms with van der Waals surface area (Å²) < 4.78 is 5.72. The Morgan fingerprint density at radius 1 is 1.17 bits per heavy atom. The van der Waals surface area contributed by atoms with Crippen molar-refractivity contribution in [2.24, 2.45) is 0 Å². The summed E-state index contributed by atoms with van der Waals surface area (Å²) >= 11 is 2.97. The van der Waals surface area contributed by atoms with Gasteiger partial charge in [-0.15, -0.1) is 21.5 Å². The van der Waals surface area contributed by atoms with Gasteiger partial charge in [-0.2, -0.15) is 0 Å². The zero-order chi connectivity index (χ0) is 16.5. The van der Waals surface area contributed by atoms with Crippen LogP contribution in [-0.2, 0) is 6.42 Å². The van der Waals surface area contributed by atoms with E-state index in [2.05, 4.69) is 31.2 Å². The summed E-state index contributed by atoms with van der Waals surface area (Å²) in [7, 11) is 0. The summed E-state index contributed by atoms with van der Waals surface area (Å²) in [6.45, 7) is 4.02. The summed E-state index contributed by atoms with van der Waals surface area (Å²) in [5.74, 6) is 0.553. The Kier molecular flexibility index (Phi) is 3.99. The zero-order valence-corrected chi connectivity index (χ0v) is 14.7. The van der Waals surface area contributed by atoms with Crippen LogP contribution in [-0.4, -0.2) is 25.1 Å². The van der Waals surface area contributed by atoms with E-state index in [1.165, 1.54) is 11.8 Å². The lowest BCUT2D eigenvalue weighted by Gasteiger charge is -2.02. The van der Waals surface area contributed by atoms with Crippen molar-refractivity contribution in [1.82, 2.24) is 25.1 Å². The van der Waals surface area contributed by atoms with E-state index in [0.717, 1.165) is 32.2 Å². The molecule has 0 fully saturated rings. The normalized spacial score (nSPS) is 11.2. The van der Waals surface area contributed by atoms with E-state index in [9.17, 15) is 0 Å². The van der Waals surface area contributed by atoms with Gasteiger partial charge in [-0.25, -0.2) is 15.0 Å². The standard InChI is InChI=1S/C16H13N5OS2/c1-9-3-4-13-12(5-9)15(18-8-17-13)24-16-21-20-14(22-16)6-11-7-23-10(2)19-11/h3-5,7-8H,6H2,1-2H3. The van der Waals surface area contributed by atoms with Crippen LogP contribution in [0.15, 0.2) is 44.6 Å². The van der Waals surface area contributed by atoms with Crippen molar-refractivity contribution in [2.75, 3.05) is 0 Å². The average Bonchev–Trinajstić information content (AvgIpc) is 3.17. The molecule has 6 nitrogen and oxygen atoms in total. The van der Waals surface area contributed by atoms with E-state index in [1.807, 2.05) is 31.4 Å². The fourth-order valence-electron chi connectivity index (χ4n) is 2.31. The molecule has 24 heavy (non-hydrogen) atoms. The van der Waals surface area contributed by atoms with Gasteiger partial charge in [0.25, 0.3) is 5.22 Å². The fourth-order valence-corrected chi connectivity index (χ4v) is 3.68. The van der Waals surface area contributed by atoms with Crippen molar-refractivity contribution < 1.29 is 4.42 Å². The molecule has 0 aliphatic rings. The molecular weight excluding hydrogens is 342 g/mol. The van der Waals surface area contributed by atoms with Gasteiger partial charge in [-0.05, 0) is 37.7 Å². The van der Waals surface area contributed by atoms with Gasteiger partial charge in [0.1, 0.15) is 11.4 Å². The lowest BCUT2D eigenvalue weighted by atomic mass is 10.2. The minimum absolute atomic E-state index is 0.471. The largest absolute Gasteiger partial charge is 0.415 e. The van der Waals surface area contributed by atoms with Gasteiger partial charge >= 0.3 is 0 Å². The molecule has 0 saturated carbocycles. The van der Waals surface area contributed by atoms with E-state index >= 15 is 0 Å². The van der Waals surface area contributed by atoms with Crippen LogP contribution < -0.4 is 0 Å². The summed E-state index contributed by atoms with van der Waals surface area (Å²) in [5, 5.41) is 13.5. The van der Waals surface area contributed by atoms with Crippen molar-refractivity contribution in [3.63, 3.8) is 0 Å². The molecule has 4 rings (SSSR count). The van der Waals surface area contributed by atoms with Crippen LogP contribution in [0, 0.1) is 13.8 Å². The Hall–Kier alpha value is -2.32. The van der Waals surface area contributed by atoms with Crippen LogP contribution in [0.2, 0.25) is 0 Å². The molecule has 8 heteroatoms. The number of thiazole rings is 1. The topological polar surface area (TPSA) is 77.6 Å². The first-order valence-electron chi connectivity index (χ1n) is 7.30. The highest BCUT2D eigenvalue weighted by Crippen LogP contribution is 2.30. The molecule has 0 unspecified atom stereocenters. The molecule has 0 atom stereocenters. The third-order valence-corrected chi connectivity index (χ3v) is 5.07. The second-order valence-corrected chi connectivity index (χ2v) is 7.30. The second-order valence-electron chi connectivity index (χ2n) is 5.30. The van der Waals surface area contributed by atoms with Gasteiger partial charge in [-0.3, -0.25) is 0 Å². The fraction of sp³-hybridized carbons (Fsp3) is 0.188. The molecule has 0 N–H and O–H groups in total. The van der Waals surface area contributed by atoms with Gasteiger partial charge in [0.15, 0.2) is 0 Å². The molecule has 0 spiro atoms. The van der Waals surface area contributed by atoms with E-state index in [0.29, 0.717) is 17.5 Å². The molecule has 0 bridgehead atoms. The molecule has 0 amide bonds.